The number of fused-ring (bicyclic) bond motifs is 1. The summed E-state index contributed by atoms with van der Waals surface area (Å²) in [7, 11) is 0. The molecule has 0 spiro atoms. The van der Waals surface area contributed by atoms with Gasteiger partial charge >= 0.3 is 0 Å². The molecule has 3 heterocycles. The van der Waals surface area contributed by atoms with Crippen molar-refractivity contribution >= 4 is 29.1 Å². The van der Waals surface area contributed by atoms with Crippen LogP contribution in [0.5, 0.6) is 0 Å². The molecule has 148 valence electrons. The Balaban J connectivity index is 1.68. The molecule has 0 saturated heterocycles. The predicted molar refractivity (Wildman–Crippen MR) is 116 cm³/mol. The fraction of sp³-hybridized carbons (Fsp3) is 0.0870. The number of amides is 1. The first-order valence-electron chi connectivity index (χ1n) is 9.42. The number of halogens is 2. The number of H-pyrrole nitrogens is 1. The molecule has 1 unspecified atom stereocenters. The summed E-state index contributed by atoms with van der Waals surface area (Å²) in [6.45, 7) is 0.396. The summed E-state index contributed by atoms with van der Waals surface area (Å²) in [4.78, 5) is 19.3. The van der Waals surface area contributed by atoms with Crippen molar-refractivity contribution < 1.29 is 4.79 Å². The van der Waals surface area contributed by atoms with Gasteiger partial charge in [0.2, 0.25) is 0 Å². The molecule has 5 nitrogen and oxygen atoms in total. The fourth-order valence-electron chi connectivity index (χ4n) is 3.91. The van der Waals surface area contributed by atoms with Crippen LogP contribution in [0.15, 0.2) is 73.1 Å². The van der Waals surface area contributed by atoms with Gasteiger partial charge in [-0.3, -0.25) is 14.9 Å². The molecule has 4 aromatic rings. The van der Waals surface area contributed by atoms with E-state index in [-0.39, 0.29) is 5.91 Å². The second-order valence-corrected chi connectivity index (χ2v) is 7.93. The average Bonchev–Trinajstić information content (AvgIpc) is 3.30. The van der Waals surface area contributed by atoms with Crippen molar-refractivity contribution in [1.82, 2.24) is 20.1 Å². The first kappa shape index (κ1) is 18.9. The number of hydrogen-bond acceptors (Lipinski definition) is 3. The van der Waals surface area contributed by atoms with E-state index >= 15 is 0 Å². The third-order valence-corrected chi connectivity index (χ3v) is 5.81. The van der Waals surface area contributed by atoms with Crippen LogP contribution >= 0.6 is 23.2 Å². The Bertz CT molecular complexity index is 1220. The molecule has 0 bridgehead atoms. The van der Waals surface area contributed by atoms with Crippen molar-refractivity contribution in [3.63, 3.8) is 0 Å². The molecule has 5 rings (SSSR count). The van der Waals surface area contributed by atoms with Gasteiger partial charge in [0, 0.05) is 40.1 Å². The number of rotatable bonds is 4. The topological polar surface area (TPSA) is 61.9 Å². The first-order valence-corrected chi connectivity index (χ1v) is 10.2. The van der Waals surface area contributed by atoms with E-state index in [0.29, 0.717) is 22.3 Å². The summed E-state index contributed by atoms with van der Waals surface area (Å²) in [6.07, 6.45) is 3.47. The third-order valence-electron chi connectivity index (χ3n) is 5.24. The Morgan fingerprint density at radius 2 is 1.87 bits per heavy atom. The minimum Gasteiger partial charge on any atom is -0.322 e. The summed E-state index contributed by atoms with van der Waals surface area (Å²) >= 11 is 12.7. The largest absolute Gasteiger partial charge is 0.322 e. The van der Waals surface area contributed by atoms with E-state index in [1.165, 1.54) is 0 Å². The second kappa shape index (κ2) is 7.59. The standard InChI is InChI=1S/C23H16Cl2N4O/c24-16-8-9-17(18(25)11-16)22-19-20(15-6-2-1-3-7-15)27-28-21(19)23(30)29(22)13-14-5-4-10-26-12-14/h1-12,22H,13H2,(H,27,28). The second-order valence-electron chi connectivity index (χ2n) is 7.09. The van der Waals surface area contributed by atoms with Crippen molar-refractivity contribution in [1.29, 1.82) is 0 Å². The van der Waals surface area contributed by atoms with E-state index < -0.39 is 6.04 Å². The van der Waals surface area contributed by atoms with Crippen molar-refractivity contribution in [2.75, 3.05) is 0 Å². The van der Waals surface area contributed by atoms with Gasteiger partial charge in [-0.15, -0.1) is 0 Å². The lowest BCUT2D eigenvalue weighted by Gasteiger charge is -2.27. The minimum atomic E-state index is -0.397. The van der Waals surface area contributed by atoms with Crippen LogP contribution in [0.2, 0.25) is 10.0 Å². The zero-order valence-corrected chi connectivity index (χ0v) is 17.2. The number of carbonyl (C=O) groups is 1. The molecule has 1 atom stereocenters. The van der Waals surface area contributed by atoms with Crippen molar-refractivity contribution in [2.24, 2.45) is 0 Å². The van der Waals surface area contributed by atoms with Crippen LogP contribution in [0.25, 0.3) is 11.3 Å². The Labute approximate surface area is 183 Å². The van der Waals surface area contributed by atoms with E-state index in [4.69, 9.17) is 23.2 Å². The van der Waals surface area contributed by atoms with Gasteiger partial charge in [-0.25, -0.2) is 0 Å². The number of aromatic amines is 1. The van der Waals surface area contributed by atoms with E-state index in [1.807, 2.05) is 48.5 Å². The maximum Gasteiger partial charge on any atom is 0.273 e. The number of carbonyl (C=O) groups excluding carboxylic acids is 1. The molecule has 0 saturated carbocycles. The van der Waals surface area contributed by atoms with Crippen LogP contribution in [-0.2, 0) is 6.54 Å². The summed E-state index contributed by atoms with van der Waals surface area (Å²) in [5, 5.41) is 8.47. The molecule has 1 aliphatic heterocycles. The minimum absolute atomic E-state index is 0.125. The lowest BCUT2D eigenvalue weighted by atomic mass is 9.96. The zero-order valence-electron chi connectivity index (χ0n) is 15.7. The molecule has 1 amide bonds. The van der Waals surface area contributed by atoms with Crippen molar-refractivity contribution in [3.05, 3.63) is 105 Å². The third kappa shape index (κ3) is 3.16. The molecule has 1 aliphatic rings. The van der Waals surface area contributed by atoms with Gasteiger partial charge in [0.15, 0.2) is 0 Å². The Morgan fingerprint density at radius 1 is 1.03 bits per heavy atom. The highest BCUT2D eigenvalue weighted by Gasteiger charge is 2.42. The quantitative estimate of drug-likeness (QED) is 0.459. The summed E-state index contributed by atoms with van der Waals surface area (Å²) in [5.41, 5.74) is 4.70. The summed E-state index contributed by atoms with van der Waals surface area (Å²) in [6, 6.07) is 18.6. The van der Waals surface area contributed by atoms with E-state index in [9.17, 15) is 4.79 Å². The fourth-order valence-corrected chi connectivity index (χ4v) is 4.42. The van der Waals surface area contributed by atoms with Gasteiger partial charge in [0.1, 0.15) is 5.69 Å². The maximum absolute atomic E-state index is 13.4. The van der Waals surface area contributed by atoms with E-state index in [2.05, 4.69) is 15.2 Å². The number of pyridine rings is 1. The predicted octanol–water partition coefficient (Wildman–Crippen LogP) is 5.52. The molecular formula is C23H16Cl2N4O. The Morgan fingerprint density at radius 3 is 2.60 bits per heavy atom. The number of nitrogens with zero attached hydrogens (tertiary/aromatic N) is 3. The maximum atomic E-state index is 13.4. The normalized spacial score (nSPS) is 15.5. The number of hydrogen-bond donors (Lipinski definition) is 1. The van der Waals surface area contributed by atoms with Gasteiger partial charge < -0.3 is 4.90 Å². The molecule has 7 heteroatoms. The molecule has 2 aromatic carbocycles. The Hall–Kier alpha value is -3.15. The van der Waals surface area contributed by atoms with E-state index in [0.717, 1.165) is 27.9 Å². The van der Waals surface area contributed by atoms with Crippen molar-refractivity contribution in [3.8, 4) is 11.3 Å². The molecule has 0 fully saturated rings. The summed E-state index contributed by atoms with van der Waals surface area (Å²) < 4.78 is 0. The van der Waals surface area contributed by atoms with Crippen molar-refractivity contribution in [2.45, 2.75) is 12.6 Å². The SMILES string of the molecule is O=C1c2[nH]nc(-c3ccccc3)c2C(c2ccc(Cl)cc2Cl)N1Cc1cccnc1. The molecule has 0 aliphatic carbocycles. The van der Waals surface area contributed by atoms with Gasteiger partial charge in [0.25, 0.3) is 5.91 Å². The first-order chi connectivity index (χ1) is 14.6. The smallest absolute Gasteiger partial charge is 0.273 e. The Kier molecular flexibility index (Phi) is 4.77. The number of benzene rings is 2. The van der Waals surface area contributed by atoms with Crippen LogP contribution < -0.4 is 0 Å². The molecule has 30 heavy (non-hydrogen) atoms. The number of nitrogens with one attached hydrogen (secondary N) is 1. The highest BCUT2D eigenvalue weighted by Crippen LogP contribution is 2.45. The summed E-state index contributed by atoms with van der Waals surface area (Å²) in [5.74, 6) is -0.125. The van der Waals surface area contributed by atoms with Gasteiger partial charge in [-0.2, -0.15) is 5.10 Å². The molecule has 0 radical (unpaired) electrons. The molecule has 1 N–H and O–H groups in total. The van der Waals surface area contributed by atoms with Gasteiger partial charge in [0.05, 0.1) is 11.7 Å². The lowest BCUT2D eigenvalue weighted by molar-refractivity contribution is 0.0730. The lowest BCUT2D eigenvalue weighted by Crippen LogP contribution is -2.29. The average molecular weight is 435 g/mol. The van der Waals surface area contributed by atoms with Crippen LogP contribution in [0.1, 0.15) is 33.2 Å². The van der Waals surface area contributed by atoms with Gasteiger partial charge in [-0.05, 0) is 29.3 Å². The van der Waals surface area contributed by atoms with Crippen LogP contribution in [0.3, 0.4) is 0 Å². The van der Waals surface area contributed by atoms with Crippen LogP contribution in [-0.4, -0.2) is 26.0 Å². The van der Waals surface area contributed by atoms with E-state index in [1.54, 1.807) is 29.4 Å². The monoisotopic (exact) mass is 434 g/mol. The van der Waals surface area contributed by atoms with Gasteiger partial charge in [-0.1, -0.05) is 65.7 Å². The van der Waals surface area contributed by atoms with Crippen LogP contribution in [0.4, 0.5) is 0 Å². The molecular weight excluding hydrogens is 419 g/mol. The molecule has 2 aromatic heterocycles. The highest BCUT2D eigenvalue weighted by atomic mass is 35.5. The number of aromatic nitrogens is 3. The zero-order chi connectivity index (χ0) is 20.7. The highest BCUT2D eigenvalue weighted by molar-refractivity contribution is 6.35. The van der Waals surface area contributed by atoms with Crippen LogP contribution in [0, 0.1) is 0 Å².